The maximum absolute atomic E-state index is 10.7. The van der Waals surface area contributed by atoms with Gasteiger partial charge in [-0.05, 0) is 13.0 Å². The van der Waals surface area contributed by atoms with Crippen molar-refractivity contribution in [1.82, 2.24) is 5.32 Å². The predicted octanol–water partition coefficient (Wildman–Crippen LogP) is 0.240. The highest BCUT2D eigenvalue weighted by Crippen LogP contribution is 1.92. The first-order chi connectivity index (χ1) is 5.56. The highest BCUT2D eigenvalue weighted by molar-refractivity contribution is 5.87. The molecule has 0 aliphatic heterocycles. The lowest BCUT2D eigenvalue weighted by molar-refractivity contribution is -0.143. The lowest BCUT2D eigenvalue weighted by atomic mass is 10.3. The third-order valence-electron chi connectivity index (χ3n) is 1.12. The van der Waals surface area contributed by atoms with E-state index in [-0.39, 0.29) is 18.0 Å². The molecular weight excluding hydrogens is 158 g/mol. The SMILES string of the molecule is CNC(=O)/C=C\[C@H](C)OC(C)=O. The first kappa shape index (κ1) is 10.7. The van der Waals surface area contributed by atoms with Crippen LogP contribution in [0.1, 0.15) is 13.8 Å². The number of hydrogen-bond donors (Lipinski definition) is 1. The summed E-state index contributed by atoms with van der Waals surface area (Å²) in [5, 5.41) is 2.41. The highest BCUT2D eigenvalue weighted by Gasteiger charge is 2.00. The Kier molecular flexibility index (Phi) is 4.76. The van der Waals surface area contributed by atoms with Gasteiger partial charge in [0.15, 0.2) is 0 Å². The summed E-state index contributed by atoms with van der Waals surface area (Å²) >= 11 is 0. The van der Waals surface area contributed by atoms with Gasteiger partial charge in [0.2, 0.25) is 5.91 Å². The fourth-order valence-electron chi connectivity index (χ4n) is 0.607. The van der Waals surface area contributed by atoms with Crippen LogP contribution in [0.25, 0.3) is 0 Å². The molecule has 1 amide bonds. The molecule has 0 aromatic heterocycles. The van der Waals surface area contributed by atoms with Crippen LogP contribution in [0.2, 0.25) is 0 Å². The van der Waals surface area contributed by atoms with Crippen molar-refractivity contribution in [2.75, 3.05) is 7.05 Å². The summed E-state index contributed by atoms with van der Waals surface area (Å²) in [7, 11) is 1.53. The Morgan fingerprint density at radius 2 is 2.08 bits per heavy atom. The van der Waals surface area contributed by atoms with Crippen molar-refractivity contribution in [3.63, 3.8) is 0 Å². The number of esters is 1. The zero-order chi connectivity index (χ0) is 9.56. The summed E-state index contributed by atoms with van der Waals surface area (Å²) in [6, 6.07) is 0. The number of likely N-dealkylation sites (N-methyl/N-ethyl adjacent to an activating group) is 1. The number of amides is 1. The van der Waals surface area contributed by atoms with Crippen molar-refractivity contribution in [2.24, 2.45) is 0 Å². The molecule has 1 atom stereocenters. The molecule has 0 aliphatic rings. The second-order valence-electron chi connectivity index (χ2n) is 2.29. The predicted molar refractivity (Wildman–Crippen MR) is 44.4 cm³/mol. The minimum Gasteiger partial charge on any atom is -0.459 e. The number of hydrogen-bond acceptors (Lipinski definition) is 3. The Morgan fingerprint density at radius 1 is 1.50 bits per heavy atom. The quantitative estimate of drug-likeness (QED) is 0.489. The van der Waals surface area contributed by atoms with Gasteiger partial charge in [0.25, 0.3) is 0 Å². The van der Waals surface area contributed by atoms with Gasteiger partial charge in [0, 0.05) is 20.0 Å². The lowest BCUT2D eigenvalue weighted by Crippen LogP contribution is -2.16. The number of carbonyl (C=O) groups is 2. The van der Waals surface area contributed by atoms with Crippen molar-refractivity contribution in [2.45, 2.75) is 20.0 Å². The zero-order valence-electron chi connectivity index (χ0n) is 7.46. The Hall–Kier alpha value is -1.32. The maximum Gasteiger partial charge on any atom is 0.303 e. The second-order valence-corrected chi connectivity index (χ2v) is 2.29. The van der Waals surface area contributed by atoms with E-state index in [1.165, 1.54) is 26.1 Å². The zero-order valence-corrected chi connectivity index (χ0v) is 7.46. The molecule has 0 unspecified atom stereocenters. The van der Waals surface area contributed by atoms with Crippen molar-refractivity contribution in [3.8, 4) is 0 Å². The summed E-state index contributed by atoms with van der Waals surface area (Å²) in [6.07, 6.45) is 2.48. The Labute approximate surface area is 71.6 Å². The van der Waals surface area contributed by atoms with E-state index in [0.29, 0.717) is 0 Å². The van der Waals surface area contributed by atoms with Gasteiger partial charge in [-0.2, -0.15) is 0 Å². The van der Waals surface area contributed by atoms with E-state index in [2.05, 4.69) is 5.32 Å². The van der Waals surface area contributed by atoms with E-state index in [9.17, 15) is 9.59 Å². The average Bonchev–Trinajstić information content (AvgIpc) is 1.99. The van der Waals surface area contributed by atoms with E-state index in [1.807, 2.05) is 0 Å². The van der Waals surface area contributed by atoms with Gasteiger partial charge in [0.1, 0.15) is 6.10 Å². The van der Waals surface area contributed by atoms with Gasteiger partial charge in [-0.15, -0.1) is 0 Å². The molecule has 0 saturated carbocycles. The molecule has 0 aromatic carbocycles. The van der Waals surface area contributed by atoms with Crippen LogP contribution in [0.15, 0.2) is 12.2 Å². The summed E-state index contributed by atoms with van der Waals surface area (Å²) < 4.78 is 4.74. The molecule has 4 nitrogen and oxygen atoms in total. The third kappa shape index (κ3) is 5.46. The van der Waals surface area contributed by atoms with Crippen LogP contribution in [0.3, 0.4) is 0 Å². The molecular formula is C8H13NO3. The molecule has 0 saturated heterocycles. The number of ether oxygens (including phenoxy) is 1. The van der Waals surface area contributed by atoms with Crippen LogP contribution in [-0.4, -0.2) is 25.0 Å². The Morgan fingerprint density at radius 3 is 2.50 bits per heavy atom. The van der Waals surface area contributed by atoms with Gasteiger partial charge >= 0.3 is 5.97 Å². The molecule has 0 heterocycles. The normalized spacial score (nSPS) is 12.6. The molecule has 1 N–H and O–H groups in total. The maximum atomic E-state index is 10.7. The monoisotopic (exact) mass is 171 g/mol. The number of nitrogens with one attached hydrogen (secondary N) is 1. The third-order valence-corrected chi connectivity index (χ3v) is 1.12. The molecule has 12 heavy (non-hydrogen) atoms. The van der Waals surface area contributed by atoms with Gasteiger partial charge in [-0.1, -0.05) is 0 Å². The first-order valence-electron chi connectivity index (χ1n) is 3.63. The molecule has 0 aliphatic carbocycles. The van der Waals surface area contributed by atoms with Crippen LogP contribution in [0.5, 0.6) is 0 Å². The summed E-state index contributed by atoms with van der Waals surface area (Å²) in [6.45, 7) is 3.01. The standard InChI is InChI=1S/C8H13NO3/c1-6(12-7(2)10)4-5-8(11)9-3/h4-6H,1-3H3,(H,9,11)/b5-4-/t6-/m0/s1. The number of rotatable bonds is 3. The van der Waals surface area contributed by atoms with Crippen molar-refractivity contribution in [3.05, 3.63) is 12.2 Å². The lowest BCUT2D eigenvalue weighted by Gasteiger charge is -2.05. The fraction of sp³-hybridized carbons (Fsp3) is 0.500. The first-order valence-corrected chi connectivity index (χ1v) is 3.63. The van der Waals surface area contributed by atoms with E-state index >= 15 is 0 Å². The molecule has 0 fully saturated rings. The molecule has 0 aromatic rings. The van der Waals surface area contributed by atoms with E-state index < -0.39 is 0 Å². The minimum atomic E-state index is -0.361. The van der Waals surface area contributed by atoms with Crippen molar-refractivity contribution >= 4 is 11.9 Å². The van der Waals surface area contributed by atoms with Crippen LogP contribution in [-0.2, 0) is 14.3 Å². The van der Waals surface area contributed by atoms with Crippen LogP contribution >= 0.6 is 0 Å². The molecule has 0 rings (SSSR count). The summed E-state index contributed by atoms with van der Waals surface area (Å²) in [4.78, 5) is 21.1. The van der Waals surface area contributed by atoms with E-state index in [0.717, 1.165) is 0 Å². The molecule has 68 valence electrons. The van der Waals surface area contributed by atoms with E-state index in [4.69, 9.17) is 4.74 Å². The average molecular weight is 171 g/mol. The topological polar surface area (TPSA) is 55.4 Å². The summed E-state index contributed by atoms with van der Waals surface area (Å²) in [5.41, 5.74) is 0. The Bertz CT molecular complexity index is 198. The molecule has 4 heteroatoms. The van der Waals surface area contributed by atoms with Crippen molar-refractivity contribution in [1.29, 1.82) is 0 Å². The fourth-order valence-corrected chi connectivity index (χ4v) is 0.607. The van der Waals surface area contributed by atoms with Crippen molar-refractivity contribution < 1.29 is 14.3 Å². The molecule has 0 spiro atoms. The van der Waals surface area contributed by atoms with Crippen LogP contribution in [0.4, 0.5) is 0 Å². The van der Waals surface area contributed by atoms with Gasteiger partial charge in [0.05, 0.1) is 0 Å². The number of carbonyl (C=O) groups excluding carboxylic acids is 2. The largest absolute Gasteiger partial charge is 0.459 e. The molecule has 0 bridgehead atoms. The van der Waals surface area contributed by atoms with E-state index in [1.54, 1.807) is 6.92 Å². The smallest absolute Gasteiger partial charge is 0.303 e. The molecule has 0 radical (unpaired) electrons. The van der Waals surface area contributed by atoms with Gasteiger partial charge < -0.3 is 10.1 Å². The van der Waals surface area contributed by atoms with Crippen LogP contribution < -0.4 is 5.32 Å². The minimum absolute atomic E-state index is 0.214. The summed E-state index contributed by atoms with van der Waals surface area (Å²) in [5.74, 6) is -0.571. The van der Waals surface area contributed by atoms with Gasteiger partial charge in [-0.3, -0.25) is 9.59 Å². The second kappa shape index (κ2) is 5.35. The Balaban J connectivity index is 3.82. The van der Waals surface area contributed by atoms with Crippen LogP contribution in [0, 0.1) is 0 Å². The van der Waals surface area contributed by atoms with Gasteiger partial charge in [-0.25, -0.2) is 0 Å². The highest BCUT2D eigenvalue weighted by atomic mass is 16.5.